The summed E-state index contributed by atoms with van der Waals surface area (Å²) in [6.45, 7) is 1.26. The Hall–Kier alpha value is -1.07. The molecule has 0 bridgehead atoms. The van der Waals surface area contributed by atoms with Gasteiger partial charge < -0.3 is 10.8 Å². The normalized spacial score (nSPS) is 14.0. The number of aliphatic hydroxyl groups excluding tert-OH is 1. The van der Waals surface area contributed by atoms with Gasteiger partial charge in [0.15, 0.2) is 0 Å². The van der Waals surface area contributed by atoms with Crippen molar-refractivity contribution in [2.24, 2.45) is 5.73 Å². The zero-order valence-corrected chi connectivity index (χ0v) is 8.17. The van der Waals surface area contributed by atoms with Gasteiger partial charge in [-0.05, 0) is 30.2 Å². The Morgan fingerprint density at radius 2 is 2.00 bits per heavy atom. The molecule has 84 valence electrons. The second-order valence-corrected chi connectivity index (χ2v) is 3.36. The Morgan fingerprint density at radius 3 is 2.40 bits per heavy atom. The summed E-state index contributed by atoms with van der Waals surface area (Å²) in [4.78, 5) is 0. The smallest absolute Gasteiger partial charge is 0.394 e. The minimum atomic E-state index is -4.34. The van der Waals surface area contributed by atoms with Crippen LogP contribution in [0.2, 0.25) is 0 Å². The fourth-order valence-corrected chi connectivity index (χ4v) is 1.37. The number of halogens is 3. The quantitative estimate of drug-likeness (QED) is 0.799. The molecule has 0 aliphatic heterocycles. The van der Waals surface area contributed by atoms with Gasteiger partial charge in [-0.15, -0.1) is 0 Å². The third-order valence-corrected chi connectivity index (χ3v) is 2.19. The van der Waals surface area contributed by atoms with E-state index in [1.807, 2.05) is 0 Å². The zero-order chi connectivity index (χ0) is 11.6. The molecule has 0 saturated carbocycles. The van der Waals surface area contributed by atoms with Crippen molar-refractivity contribution in [2.75, 3.05) is 6.61 Å². The van der Waals surface area contributed by atoms with Gasteiger partial charge in [-0.25, -0.2) is 0 Å². The van der Waals surface area contributed by atoms with Crippen LogP contribution in [0, 0.1) is 6.92 Å². The van der Waals surface area contributed by atoms with Crippen molar-refractivity contribution in [1.82, 2.24) is 0 Å². The maximum absolute atomic E-state index is 12.3. The molecule has 0 fully saturated rings. The Kier molecular flexibility index (Phi) is 3.36. The second kappa shape index (κ2) is 4.20. The average molecular weight is 219 g/mol. The molecule has 0 aromatic heterocycles. The lowest BCUT2D eigenvalue weighted by atomic mass is 10.00. The van der Waals surface area contributed by atoms with Crippen LogP contribution in [0.25, 0.3) is 0 Å². The van der Waals surface area contributed by atoms with Crippen molar-refractivity contribution in [3.8, 4) is 0 Å². The number of benzene rings is 1. The lowest BCUT2D eigenvalue weighted by molar-refractivity contribution is -0.137. The SMILES string of the molecule is Cc1cc(C(F)(F)F)ccc1[C@H](N)CO. The van der Waals surface area contributed by atoms with Crippen molar-refractivity contribution < 1.29 is 18.3 Å². The topological polar surface area (TPSA) is 46.2 Å². The predicted molar refractivity (Wildman–Crippen MR) is 50.2 cm³/mol. The summed E-state index contributed by atoms with van der Waals surface area (Å²) >= 11 is 0. The maximum atomic E-state index is 12.3. The largest absolute Gasteiger partial charge is 0.416 e. The van der Waals surface area contributed by atoms with E-state index in [2.05, 4.69) is 0 Å². The standard InChI is InChI=1S/C10H12F3NO/c1-6-4-7(10(11,12)13)2-3-8(6)9(14)5-15/h2-4,9,15H,5,14H2,1H3/t9-/m1/s1. The molecule has 15 heavy (non-hydrogen) atoms. The van der Waals surface area contributed by atoms with Gasteiger partial charge in [-0.1, -0.05) is 6.07 Å². The van der Waals surface area contributed by atoms with Gasteiger partial charge >= 0.3 is 6.18 Å². The minimum absolute atomic E-state index is 0.286. The lowest BCUT2D eigenvalue weighted by Gasteiger charge is -2.14. The first-order chi connectivity index (χ1) is 6.86. The molecule has 0 saturated heterocycles. The van der Waals surface area contributed by atoms with Crippen LogP contribution in [0.3, 0.4) is 0 Å². The summed E-state index contributed by atoms with van der Waals surface area (Å²) in [6.07, 6.45) is -4.34. The predicted octanol–water partition coefficient (Wildman–Crippen LogP) is 2.01. The summed E-state index contributed by atoms with van der Waals surface area (Å²) in [5.41, 5.74) is 5.79. The van der Waals surface area contributed by atoms with Crippen LogP contribution in [0.5, 0.6) is 0 Å². The first-order valence-corrected chi connectivity index (χ1v) is 4.40. The number of alkyl halides is 3. The fourth-order valence-electron chi connectivity index (χ4n) is 1.37. The average Bonchev–Trinajstić information content (AvgIpc) is 2.15. The van der Waals surface area contributed by atoms with Crippen LogP contribution in [0.1, 0.15) is 22.7 Å². The second-order valence-electron chi connectivity index (χ2n) is 3.36. The van der Waals surface area contributed by atoms with Crippen LogP contribution < -0.4 is 5.73 Å². The van der Waals surface area contributed by atoms with Gasteiger partial charge in [0.1, 0.15) is 0 Å². The molecule has 0 unspecified atom stereocenters. The monoisotopic (exact) mass is 219 g/mol. The van der Waals surface area contributed by atoms with E-state index >= 15 is 0 Å². The van der Waals surface area contributed by atoms with Crippen molar-refractivity contribution in [2.45, 2.75) is 19.1 Å². The van der Waals surface area contributed by atoms with E-state index in [-0.39, 0.29) is 6.61 Å². The minimum Gasteiger partial charge on any atom is -0.394 e. The van der Waals surface area contributed by atoms with Crippen molar-refractivity contribution in [3.05, 3.63) is 34.9 Å². The van der Waals surface area contributed by atoms with E-state index < -0.39 is 17.8 Å². The molecular formula is C10H12F3NO. The highest BCUT2D eigenvalue weighted by Crippen LogP contribution is 2.31. The van der Waals surface area contributed by atoms with Crippen molar-refractivity contribution in [1.29, 1.82) is 0 Å². The molecule has 1 atom stereocenters. The van der Waals surface area contributed by atoms with Crippen LogP contribution in [0.4, 0.5) is 13.2 Å². The van der Waals surface area contributed by atoms with Gasteiger partial charge in [0, 0.05) is 0 Å². The Balaban J connectivity index is 3.09. The van der Waals surface area contributed by atoms with Gasteiger partial charge in [-0.3, -0.25) is 0 Å². The first kappa shape index (κ1) is 12.0. The molecule has 2 nitrogen and oxygen atoms in total. The number of hydrogen-bond donors (Lipinski definition) is 2. The van der Waals surface area contributed by atoms with Crippen LogP contribution in [-0.2, 0) is 6.18 Å². The van der Waals surface area contributed by atoms with Crippen molar-refractivity contribution >= 4 is 0 Å². The van der Waals surface area contributed by atoms with Crippen molar-refractivity contribution in [3.63, 3.8) is 0 Å². The number of aryl methyl sites for hydroxylation is 1. The molecule has 0 heterocycles. The van der Waals surface area contributed by atoms with Gasteiger partial charge in [-0.2, -0.15) is 13.2 Å². The fraction of sp³-hybridized carbons (Fsp3) is 0.400. The highest BCUT2D eigenvalue weighted by atomic mass is 19.4. The van der Waals surface area contributed by atoms with Gasteiger partial charge in [0.05, 0.1) is 18.2 Å². The number of aliphatic hydroxyl groups is 1. The highest BCUT2D eigenvalue weighted by molar-refractivity contribution is 5.34. The first-order valence-electron chi connectivity index (χ1n) is 4.40. The zero-order valence-electron chi connectivity index (χ0n) is 8.17. The van der Waals surface area contributed by atoms with Crippen LogP contribution in [0.15, 0.2) is 18.2 Å². The number of rotatable bonds is 2. The summed E-state index contributed by atoms with van der Waals surface area (Å²) in [6, 6.07) is 2.68. The lowest BCUT2D eigenvalue weighted by Crippen LogP contribution is -2.16. The maximum Gasteiger partial charge on any atom is 0.416 e. The van der Waals surface area contributed by atoms with Crippen LogP contribution >= 0.6 is 0 Å². The van der Waals surface area contributed by atoms with Gasteiger partial charge in [0.25, 0.3) is 0 Å². The molecular weight excluding hydrogens is 207 g/mol. The van der Waals surface area contributed by atoms with E-state index in [1.165, 1.54) is 6.07 Å². The van der Waals surface area contributed by atoms with Gasteiger partial charge in [0.2, 0.25) is 0 Å². The molecule has 3 N–H and O–H groups in total. The Morgan fingerprint density at radius 1 is 1.40 bits per heavy atom. The van der Waals surface area contributed by atoms with E-state index in [0.29, 0.717) is 11.1 Å². The molecule has 1 aromatic rings. The Labute approximate surface area is 85.5 Å². The molecule has 0 aliphatic rings. The summed E-state index contributed by atoms with van der Waals surface area (Å²) in [5, 5.41) is 8.79. The molecule has 0 amide bonds. The summed E-state index contributed by atoms with van der Waals surface area (Å²) in [5.74, 6) is 0. The van der Waals surface area contributed by atoms with Crippen LogP contribution in [-0.4, -0.2) is 11.7 Å². The molecule has 1 rings (SSSR count). The highest BCUT2D eigenvalue weighted by Gasteiger charge is 2.30. The summed E-state index contributed by atoms with van der Waals surface area (Å²) < 4.78 is 36.9. The van der Waals surface area contributed by atoms with E-state index in [0.717, 1.165) is 12.1 Å². The third kappa shape index (κ3) is 2.70. The molecule has 0 spiro atoms. The molecule has 1 aromatic carbocycles. The molecule has 5 heteroatoms. The number of nitrogens with two attached hydrogens (primary N) is 1. The number of hydrogen-bond acceptors (Lipinski definition) is 2. The Bertz CT molecular complexity index is 349. The molecule has 0 radical (unpaired) electrons. The van der Waals surface area contributed by atoms with E-state index in [9.17, 15) is 13.2 Å². The molecule has 0 aliphatic carbocycles. The summed E-state index contributed by atoms with van der Waals surface area (Å²) in [7, 11) is 0. The van der Waals surface area contributed by atoms with E-state index in [4.69, 9.17) is 10.8 Å². The van der Waals surface area contributed by atoms with E-state index in [1.54, 1.807) is 6.92 Å². The third-order valence-electron chi connectivity index (χ3n) is 2.19.